The molecule has 118 valence electrons. The maximum absolute atomic E-state index is 12.6. The van der Waals surface area contributed by atoms with E-state index in [2.05, 4.69) is 0 Å². The Kier molecular flexibility index (Phi) is 6.90. The molecule has 1 unspecified atom stereocenters. The summed E-state index contributed by atoms with van der Waals surface area (Å²) in [5.74, 6) is -1.23. The lowest BCUT2D eigenvalue weighted by Gasteiger charge is -2.29. The van der Waals surface area contributed by atoms with Crippen LogP contribution in [0.15, 0.2) is 18.3 Å². The van der Waals surface area contributed by atoms with Crippen LogP contribution in [-0.4, -0.2) is 66.5 Å². The first-order chi connectivity index (χ1) is 10.0. The van der Waals surface area contributed by atoms with Crippen LogP contribution in [0.3, 0.4) is 0 Å². The number of aromatic nitrogens is 1. The number of methoxy groups -OCH3 is 2. The van der Waals surface area contributed by atoms with Crippen LogP contribution in [0.5, 0.6) is 0 Å². The molecule has 21 heavy (non-hydrogen) atoms. The van der Waals surface area contributed by atoms with Gasteiger partial charge in [0.2, 0.25) is 0 Å². The summed E-state index contributed by atoms with van der Waals surface area (Å²) in [6.07, 6.45) is 1.58. The van der Waals surface area contributed by atoms with Gasteiger partial charge in [-0.2, -0.15) is 0 Å². The Labute approximate surface area is 124 Å². The van der Waals surface area contributed by atoms with E-state index >= 15 is 0 Å². The third kappa shape index (κ3) is 4.87. The second-order valence-electron chi connectivity index (χ2n) is 4.71. The SMILES string of the molecule is COCCN(C(=O)c1cccn1CC(=O)O)C(C)COC. The third-order valence-corrected chi connectivity index (χ3v) is 3.09. The Morgan fingerprint density at radius 1 is 1.38 bits per heavy atom. The van der Waals surface area contributed by atoms with Gasteiger partial charge < -0.3 is 24.0 Å². The van der Waals surface area contributed by atoms with Crippen LogP contribution >= 0.6 is 0 Å². The number of ether oxygens (including phenoxy) is 2. The molecule has 0 saturated heterocycles. The van der Waals surface area contributed by atoms with Crippen molar-refractivity contribution in [1.29, 1.82) is 0 Å². The fourth-order valence-electron chi connectivity index (χ4n) is 2.08. The highest BCUT2D eigenvalue weighted by molar-refractivity contribution is 5.93. The lowest BCUT2D eigenvalue weighted by molar-refractivity contribution is -0.137. The Bertz CT molecular complexity index is 472. The van der Waals surface area contributed by atoms with Crippen molar-refractivity contribution in [2.24, 2.45) is 0 Å². The van der Waals surface area contributed by atoms with Crippen molar-refractivity contribution in [2.75, 3.05) is 34.0 Å². The normalized spacial score (nSPS) is 12.1. The minimum Gasteiger partial charge on any atom is -0.480 e. The number of hydrogen-bond acceptors (Lipinski definition) is 4. The first-order valence-corrected chi connectivity index (χ1v) is 6.67. The number of amides is 1. The van der Waals surface area contributed by atoms with Crippen LogP contribution in [0.2, 0.25) is 0 Å². The van der Waals surface area contributed by atoms with Crippen molar-refractivity contribution in [3.63, 3.8) is 0 Å². The number of carboxylic acid groups (broad SMARTS) is 1. The van der Waals surface area contributed by atoms with Crippen molar-refractivity contribution in [1.82, 2.24) is 9.47 Å². The van der Waals surface area contributed by atoms with Crippen LogP contribution in [0, 0.1) is 0 Å². The van der Waals surface area contributed by atoms with Gasteiger partial charge in [-0.1, -0.05) is 0 Å². The van der Waals surface area contributed by atoms with Crippen LogP contribution in [0.25, 0.3) is 0 Å². The molecule has 0 fully saturated rings. The lowest BCUT2D eigenvalue weighted by Crippen LogP contribution is -2.43. The van der Waals surface area contributed by atoms with Crippen molar-refractivity contribution in [3.05, 3.63) is 24.0 Å². The molecule has 1 N–H and O–H groups in total. The van der Waals surface area contributed by atoms with E-state index in [1.165, 1.54) is 4.57 Å². The van der Waals surface area contributed by atoms with Gasteiger partial charge >= 0.3 is 5.97 Å². The summed E-state index contributed by atoms with van der Waals surface area (Å²) in [5.41, 5.74) is 0.344. The summed E-state index contributed by atoms with van der Waals surface area (Å²) >= 11 is 0. The molecule has 0 spiro atoms. The Morgan fingerprint density at radius 2 is 2.10 bits per heavy atom. The van der Waals surface area contributed by atoms with Crippen molar-refractivity contribution in [2.45, 2.75) is 19.5 Å². The predicted octanol–water partition coefficient (Wildman–Crippen LogP) is 0.696. The van der Waals surface area contributed by atoms with Gasteiger partial charge in [-0.15, -0.1) is 0 Å². The number of rotatable bonds is 9. The molecule has 1 amide bonds. The predicted molar refractivity (Wildman–Crippen MR) is 76.3 cm³/mol. The molecule has 1 atom stereocenters. The van der Waals surface area contributed by atoms with Gasteiger partial charge in [0.05, 0.1) is 19.3 Å². The molecular formula is C14H22N2O5. The highest BCUT2D eigenvalue weighted by atomic mass is 16.5. The second-order valence-corrected chi connectivity index (χ2v) is 4.71. The third-order valence-electron chi connectivity index (χ3n) is 3.09. The molecule has 0 aliphatic heterocycles. The molecule has 1 rings (SSSR count). The van der Waals surface area contributed by atoms with Gasteiger partial charge in [-0.05, 0) is 19.1 Å². The number of carbonyl (C=O) groups is 2. The zero-order valence-corrected chi connectivity index (χ0v) is 12.6. The summed E-state index contributed by atoms with van der Waals surface area (Å²) in [5, 5.41) is 8.88. The van der Waals surface area contributed by atoms with Gasteiger partial charge in [-0.3, -0.25) is 9.59 Å². The van der Waals surface area contributed by atoms with Crippen molar-refractivity contribution < 1.29 is 24.2 Å². The van der Waals surface area contributed by atoms with E-state index in [9.17, 15) is 9.59 Å². The molecular weight excluding hydrogens is 276 g/mol. The monoisotopic (exact) mass is 298 g/mol. The summed E-state index contributed by atoms with van der Waals surface area (Å²) in [6.45, 7) is 2.85. The summed E-state index contributed by atoms with van der Waals surface area (Å²) < 4.78 is 11.5. The lowest BCUT2D eigenvalue weighted by atomic mass is 10.2. The van der Waals surface area contributed by atoms with Gasteiger partial charge in [0.15, 0.2) is 0 Å². The summed E-state index contributed by atoms with van der Waals surface area (Å²) in [6, 6.07) is 3.14. The Morgan fingerprint density at radius 3 is 2.67 bits per heavy atom. The Balaban J connectivity index is 2.93. The van der Waals surface area contributed by atoms with Crippen molar-refractivity contribution in [3.8, 4) is 0 Å². The standard InChI is InChI=1S/C14H22N2O5/c1-11(10-21-3)16(7-8-20-2)14(19)12-5-4-6-15(12)9-13(17)18/h4-6,11H,7-10H2,1-3H3,(H,17,18). The van der Waals surface area contributed by atoms with Gasteiger partial charge in [-0.25, -0.2) is 0 Å². The van der Waals surface area contributed by atoms with Crippen LogP contribution in [0.4, 0.5) is 0 Å². The maximum Gasteiger partial charge on any atom is 0.323 e. The topological polar surface area (TPSA) is 81.0 Å². The van der Waals surface area contributed by atoms with Gasteiger partial charge in [0, 0.05) is 27.0 Å². The quantitative estimate of drug-likeness (QED) is 0.725. The maximum atomic E-state index is 12.6. The number of carbonyl (C=O) groups excluding carboxylic acids is 1. The van der Waals surface area contributed by atoms with Crippen molar-refractivity contribution >= 4 is 11.9 Å². The first kappa shape index (κ1) is 17.2. The summed E-state index contributed by atoms with van der Waals surface area (Å²) in [7, 11) is 3.14. The average Bonchev–Trinajstić information content (AvgIpc) is 2.86. The molecule has 0 aliphatic rings. The smallest absolute Gasteiger partial charge is 0.323 e. The average molecular weight is 298 g/mol. The highest BCUT2D eigenvalue weighted by Gasteiger charge is 2.24. The molecule has 0 radical (unpaired) electrons. The second kappa shape index (κ2) is 8.43. The van der Waals surface area contributed by atoms with E-state index in [0.29, 0.717) is 25.5 Å². The summed E-state index contributed by atoms with van der Waals surface area (Å²) in [4.78, 5) is 25.1. The highest BCUT2D eigenvalue weighted by Crippen LogP contribution is 2.10. The van der Waals surface area contributed by atoms with E-state index < -0.39 is 5.97 Å². The minimum absolute atomic E-state index is 0.133. The molecule has 0 aliphatic carbocycles. The first-order valence-electron chi connectivity index (χ1n) is 6.67. The Hall–Kier alpha value is -1.86. The molecule has 0 saturated carbocycles. The zero-order valence-electron chi connectivity index (χ0n) is 12.6. The van der Waals surface area contributed by atoms with Crippen LogP contribution in [-0.2, 0) is 20.8 Å². The van der Waals surface area contributed by atoms with Crippen LogP contribution < -0.4 is 0 Å². The molecule has 7 heteroatoms. The molecule has 1 aromatic heterocycles. The van der Waals surface area contributed by atoms with Gasteiger partial charge in [0.1, 0.15) is 12.2 Å². The van der Waals surface area contributed by atoms with E-state index in [4.69, 9.17) is 14.6 Å². The van der Waals surface area contributed by atoms with E-state index in [1.54, 1.807) is 37.4 Å². The van der Waals surface area contributed by atoms with E-state index in [1.807, 2.05) is 6.92 Å². The number of nitrogens with zero attached hydrogens (tertiary/aromatic N) is 2. The molecule has 0 bridgehead atoms. The number of hydrogen-bond donors (Lipinski definition) is 1. The minimum atomic E-state index is -0.992. The van der Waals surface area contributed by atoms with E-state index in [-0.39, 0.29) is 18.5 Å². The molecule has 1 aromatic rings. The largest absolute Gasteiger partial charge is 0.480 e. The fourth-order valence-corrected chi connectivity index (χ4v) is 2.08. The number of carboxylic acids is 1. The molecule has 7 nitrogen and oxygen atoms in total. The zero-order chi connectivity index (χ0) is 15.8. The molecule has 0 aromatic carbocycles. The fraction of sp³-hybridized carbons (Fsp3) is 0.571. The number of aliphatic carboxylic acids is 1. The van der Waals surface area contributed by atoms with E-state index in [0.717, 1.165) is 0 Å². The van der Waals surface area contributed by atoms with Gasteiger partial charge in [0.25, 0.3) is 5.91 Å². The van der Waals surface area contributed by atoms with Crippen LogP contribution in [0.1, 0.15) is 17.4 Å². The molecule has 1 heterocycles.